The van der Waals surface area contributed by atoms with Gasteiger partial charge in [-0.05, 0) is 37.6 Å². The number of rotatable bonds is 4. The van der Waals surface area contributed by atoms with E-state index in [1.54, 1.807) is 19.1 Å². The highest BCUT2D eigenvalue weighted by atomic mass is 16.5. The van der Waals surface area contributed by atoms with Crippen LogP contribution in [0.3, 0.4) is 0 Å². The van der Waals surface area contributed by atoms with Crippen LogP contribution >= 0.6 is 0 Å². The van der Waals surface area contributed by atoms with Crippen molar-refractivity contribution in [2.45, 2.75) is 20.3 Å². The number of hydrogen-bond donors (Lipinski definition) is 0. The Morgan fingerprint density at radius 3 is 2.67 bits per heavy atom. The Bertz CT molecular complexity index is 934. The molecule has 0 aliphatic carbocycles. The second-order valence-electron chi connectivity index (χ2n) is 5.51. The number of aryl methyl sites for hydroxylation is 1. The largest absolute Gasteiger partial charge is 0.466 e. The van der Waals surface area contributed by atoms with E-state index in [0.29, 0.717) is 12.2 Å². The first-order chi connectivity index (χ1) is 11.6. The molecule has 120 valence electrons. The normalized spacial score (nSPS) is 10.5. The predicted octanol–water partition coefficient (Wildman–Crippen LogP) is 3.29. The number of nitriles is 1. The number of hydrogen-bond acceptors (Lipinski definition) is 4. The lowest BCUT2D eigenvalue weighted by atomic mass is 10.1. The van der Waals surface area contributed by atoms with Gasteiger partial charge in [0.05, 0.1) is 36.0 Å². The quantitative estimate of drug-likeness (QED) is 0.692. The number of fused-ring (bicyclic) bond motifs is 1. The summed E-state index contributed by atoms with van der Waals surface area (Å²) in [5.41, 5.74) is 4.84. The van der Waals surface area contributed by atoms with Crippen molar-refractivity contribution in [3.05, 3.63) is 59.4 Å². The molecule has 0 unspecified atom stereocenters. The van der Waals surface area contributed by atoms with Crippen LogP contribution in [0.4, 0.5) is 0 Å². The van der Waals surface area contributed by atoms with E-state index in [1.165, 1.54) is 0 Å². The smallest absolute Gasteiger partial charge is 0.311 e. The first kappa shape index (κ1) is 15.8. The lowest BCUT2D eigenvalue weighted by Crippen LogP contribution is -2.10. The van der Waals surface area contributed by atoms with Crippen LogP contribution < -0.4 is 0 Å². The maximum absolute atomic E-state index is 12.0. The summed E-state index contributed by atoms with van der Waals surface area (Å²) in [5.74, 6) is -0.282. The summed E-state index contributed by atoms with van der Waals surface area (Å²) >= 11 is 0. The van der Waals surface area contributed by atoms with E-state index >= 15 is 0 Å². The molecule has 0 saturated carbocycles. The summed E-state index contributed by atoms with van der Waals surface area (Å²) in [5, 5.41) is 8.95. The summed E-state index contributed by atoms with van der Waals surface area (Å²) in [4.78, 5) is 16.7. The second kappa shape index (κ2) is 6.55. The Morgan fingerprint density at radius 1 is 1.25 bits per heavy atom. The molecule has 0 radical (unpaired) electrons. The number of carbonyl (C=O) groups excluding carboxylic acids is 1. The van der Waals surface area contributed by atoms with Gasteiger partial charge in [-0.15, -0.1) is 0 Å². The second-order valence-corrected chi connectivity index (χ2v) is 5.51. The molecule has 0 atom stereocenters. The van der Waals surface area contributed by atoms with Crippen molar-refractivity contribution in [1.29, 1.82) is 5.26 Å². The first-order valence-electron chi connectivity index (χ1n) is 7.76. The fourth-order valence-electron chi connectivity index (χ4n) is 2.65. The van der Waals surface area contributed by atoms with Crippen molar-refractivity contribution in [2.75, 3.05) is 6.61 Å². The SMILES string of the molecule is CCOC(=O)Cc1c(-c2ccc(C#N)cc2)nc2ccc(C)cn12. The minimum atomic E-state index is -0.282. The highest BCUT2D eigenvalue weighted by Crippen LogP contribution is 2.26. The predicted molar refractivity (Wildman–Crippen MR) is 90.4 cm³/mol. The number of imidazole rings is 1. The summed E-state index contributed by atoms with van der Waals surface area (Å²) in [6.45, 7) is 4.13. The molecule has 0 spiro atoms. The van der Waals surface area contributed by atoms with Crippen LogP contribution in [0.15, 0.2) is 42.6 Å². The maximum Gasteiger partial charge on any atom is 0.311 e. The fourth-order valence-corrected chi connectivity index (χ4v) is 2.65. The van der Waals surface area contributed by atoms with E-state index < -0.39 is 0 Å². The lowest BCUT2D eigenvalue weighted by molar-refractivity contribution is -0.142. The Hall–Kier alpha value is -3.13. The highest BCUT2D eigenvalue weighted by molar-refractivity contribution is 5.77. The van der Waals surface area contributed by atoms with Crippen molar-refractivity contribution in [3.63, 3.8) is 0 Å². The van der Waals surface area contributed by atoms with E-state index in [9.17, 15) is 4.79 Å². The van der Waals surface area contributed by atoms with Crippen LogP contribution in [0.5, 0.6) is 0 Å². The molecule has 2 heterocycles. The van der Waals surface area contributed by atoms with Gasteiger partial charge in [0, 0.05) is 11.8 Å². The third-order valence-electron chi connectivity index (χ3n) is 3.77. The minimum Gasteiger partial charge on any atom is -0.466 e. The zero-order chi connectivity index (χ0) is 17.1. The van der Waals surface area contributed by atoms with Gasteiger partial charge in [0.15, 0.2) is 0 Å². The topological polar surface area (TPSA) is 67.4 Å². The molecule has 0 bridgehead atoms. The Kier molecular flexibility index (Phi) is 4.30. The Labute approximate surface area is 140 Å². The van der Waals surface area contributed by atoms with Crippen molar-refractivity contribution in [3.8, 4) is 17.3 Å². The van der Waals surface area contributed by atoms with Crippen LogP contribution in [0, 0.1) is 18.3 Å². The van der Waals surface area contributed by atoms with Gasteiger partial charge in [0.2, 0.25) is 0 Å². The number of carbonyl (C=O) groups is 1. The molecule has 24 heavy (non-hydrogen) atoms. The number of pyridine rings is 1. The molecule has 5 heteroatoms. The van der Waals surface area contributed by atoms with Gasteiger partial charge >= 0.3 is 5.97 Å². The van der Waals surface area contributed by atoms with Crippen molar-refractivity contribution in [2.24, 2.45) is 0 Å². The van der Waals surface area contributed by atoms with Crippen LogP contribution in [0.25, 0.3) is 16.9 Å². The molecule has 1 aromatic carbocycles. The number of benzene rings is 1. The van der Waals surface area contributed by atoms with Gasteiger partial charge in [-0.25, -0.2) is 4.98 Å². The monoisotopic (exact) mass is 319 g/mol. The molecule has 0 saturated heterocycles. The van der Waals surface area contributed by atoms with Crippen LogP contribution in [0.2, 0.25) is 0 Å². The highest BCUT2D eigenvalue weighted by Gasteiger charge is 2.17. The lowest BCUT2D eigenvalue weighted by Gasteiger charge is -2.06. The zero-order valence-corrected chi connectivity index (χ0v) is 13.6. The molecular weight excluding hydrogens is 302 g/mol. The third kappa shape index (κ3) is 2.99. The maximum atomic E-state index is 12.0. The van der Waals surface area contributed by atoms with E-state index in [2.05, 4.69) is 11.1 Å². The molecule has 0 N–H and O–H groups in total. The van der Waals surface area contributed by atoms with Gasteiger partial charge < -0.3 is 9.14 Å². The molecule has 3 rings (SSSR count). The van der Waals surface area contributed by atoms with E-state index in [-0.39, 0.29) is 12.4 Å². The number of aromatic nitrogens is 2. The van der Waals surface area contributed by atoms with Gasteiger partial charge in [-0.1, -0.05) is 18.2 Å². The van der Waals surface area contributed by atoms with Gasteiger partial charge in [-0.3, -0.25) is 4.79 Å². The average molecular weight is 319 g/mol. The van der Waals surface area contributed by atoms with Crippen LogP contribution in [-0.2, 0) is 16.0 Å². The summed E-state index contributed by atoms with van der Waals surface area (Å²) in [6.07, 6.45) is 2.11. The van der Waals surface area contributed by atoms with Gasteiger partial charge in [-0.2, -0.15) is 5.26 Å². The minimum absolute atomic E-state index is 0.147. The fraction of sp³-hybridized carbons (Fsp3) is 0.211. The molecule has 2 aromatic heterocycles. The Morgan fingerprint density at radius 2 is 2.00 bits per heavy atom. The van der Waals surface area contributed by atoms with Crippen LogP contribution in [-0.4, -0.2) is 22.0 Å². The number of nitrogens with zero attached hydrogens (tertiary/aromatic N) is 3. The summed E-state index contributed by atoms with van der Waals surface area (Å²) in [7, 11) is 0. The van der Waals surface area contributed by atoms with Gasteiger partial charge in [0.1, 0.15) is 5.65 Å². The van der Waals surface area contributed by atoms with Crippen molar-refractivity contribution >= 4 is 11.6 Å². The van der Waals surface area contributed by atoms with Gasteiger partial charge in [0.25, 0.3) is 0 Å². The molecule has 0 amide bonds. The molecule has 5 nitrogen and oxygen atoms in total. The number of ether oxygens (including phenoxy) is 1. The van der Waals surface area contributed by atoms with E-state index in [4.69, 9.17) is 10.00 Å². The summed E-state index contributed by atoms with van der Waals surface area (Å²) in [6, 6.07) is 13.2. The van der Waals surface area contributed by atoms with E-state index in [0.717, 1.165) is 28.2 Å². The third-order valence-corrected chi connectivity index (χ3v) is 3.77. The average Bonchev–Trinajstić information content (AvgIpc) is 2.93. The number of esters is 1. The molecular formula is C19H17N3O2. The van der Waals surface area contributed by atoms with Crippen LogP contribution in [0.1, 0.15) is 23.7 Å². The zero-order valence-electron chi connectivity index (χ0n) is 13.6. The molecule has 0 aliphatic heterocycles. The summed E-state index contributed by atoms with van der Waals surface area (Å²) < 4.78 is 7.03. The molecule has 3 aromatic rings. The van der Waals surface area contributed by atoms with Crippen molar-refractivity contribution < 1.29 is 9.53 Å². The first-order valence-corrected chi connectivity index (χ1v) is 7.76. The Balaban J connectivity index is 2.14. The molecule has 0 aliphatic rings. The molecule has 0 fully saturated rings. The standard InChI is InChI=1S/C19H17N3O2/c1-3-24-18(23)10-16-19(15-7-5-14(11-20)6-8-15)21-17-9-4-13(2)12-22(16)17/h4-9,12H,3,10H2,1-2H3. The van der Waals surface area contributed by atoms with E-state index in [1.807, 2.05) is 41.8 Å². The van der Waals surface area contributed by atoms with Crippen molar-refractivity contribution in [1.82, 2.24) is 9.38 Å².